The van der Waals surface area contributed by atoms with Crippen LogP contribution in [0.2, 0.25) is 0 Å². The van der Waals surface area contributed by atoms with Crippen molar-refractivity contribution in [2.75, 3.05) is 0 Å². The largest absolute Gasteiger partial charge is 0.0882 e. The topological polar surface area (TPSA) is 0 Å². The molecule has 4 rings (SSSR count). The minimum Gasteiger partial charge on any atom is -0.0882 e. The SMILES string of the molecule is C1=CCCC(C2=CCCC=CCC2)=CCC1.C1=CCCC(C2=CCCC=CCC2)=CCC1.[Ni]. The number of rotatable bonds is 2. The molecule has 0 aromatic carbocycles. The van der Waals surface area contributed by atoms with E-state index in [2.05, 4.69) is 72.9 Å². The van der Waals surface area contributed by atoms with Crippen LogP contribution in [0.1, 0.15) is 103 Å². The van der Waals surface area contributed by atoms with E-state index in [4.69, 9.17) is 0 Å². The summed E-state index contributed by atoms with van der Waals surface area (Å²) < 4.78 is 0. The first-order valence-corrected chi connectivity index (χ1v) is 13.3. The van der Waals surface area contributed by atoms with Crippen LogP contribution in [0.3, 0.4) is 0 Å². The molecule has 0 aliphatic heterocycles. The van der Waals surface area contributed by atoms with Crippen molar-refractivity contribution in [2.24, 2.45) is 0 Å². The van der Waals surface area contributed by atoms with Gasteiger partial charge in [-0.2, -0.15) is 0 Å². The van der Waals surface area contributed by atoms with Gasteiger partial charge in [0.05, 0.1) is 0 Å². The first kappa shape index (κ1) is 27.7. The van der Waals surface area contributed by atoms with Crippen LogP contribution in [-0.2, 0) is 16.5 Å². The average Bonchev–Trinajstić information content (AvgIpc) is 2.69. The molecule has 0 radical (unpaired) electrons. The monoisotopic (exact) mass is 486 g/mol. The van der Waals surface area contributed by atoms with Crippen LogP contribution in [0.25, 0.3) is 0 Å². The third-order valence-electron chi connectivity index (χ3n) is 6.71. The van der Waals surface area contributed by atoms with Crippen LogP contribution in [0, 0.1) is 0 Å². The van der Waals surface area contributed by atoms with Crippen LogP contribution < -0.4 is 0 Å². The Morgan fingerprint density at radius 1 is 0.273 bits per heavy atom. The van der Waals surface area contributed by atoms with Crippen LogP contribution in [0.5, 0.6) is 0 Å². The number of hydrogen-bond donors (Lipinski definition) is 0. The molecule has 0 saturated carbocycles. The molecule has 1 heteroatoms. The molecular weight excluding hydrogens is 443 g/mol. The van der Waals surface area contributed by atoms with Gasteiger partial charge >= 0.3 is 0 Å². The maximum absolute atomic E-state index is 2.47. The molecule has 33 heavy (non-hydrogen) atoms. The summed E-state index contributed by atoms with van der Waals surface area (Å²) in [5.41, 5.74) is 6.50. The zero-order chi connectivity index (χ0) is 22.1. The van der Waals surface area contributed by atoms with Crippen molar-refractivity contribution >= 4 is 0 Å². The van der Waals surface area contributed by atoms with E-state index in [0.29, 0.717) is 0 Å². The summed E-state index contributed by atoms with van der Waals surface area (Å²) in [6.45, 7) is 0. The van der Waals surface area contributed by atoms with Crippen molar-refractivity contribution in [1.29, 1.82) is 0 Å². The average molecular weight is 487 g/mol. The Morgan fingerprint density at radius 3 is 0.727 bits per heavy atom. The molecule has 0 saturated heterocycles. The predicted octanol–water partition coefficient (Wildman–Crippen LogP) is 10.2. The molecule has 0 fully saturated rings. The van der Waals surface area contributed by atoms with Crippen LogP contribution in [-0.4, -0.2) is 0 Å². The van der Waals surface area contributed by atoms with Crippen molar-refractivity contribution < 1.29 is 16.5 Å². The normalized spacial score (nSPS) is 21.8. The van der Waals surface area contributed by atoms with E-state index >= 15 is 0 Å². The van der Waals surface area contributed by atoms with Crippen molar-refractivity contribution in [3.63, 3.8) is 0 Å². The maximum atomic E-state index is 2.47. The van der Waals surface area contributed by atoms with Crippen molar-refractivity contribution in [3.05, 3.63) is 95.2 Å². The van der Waals surface area contributed by atoms with Gasteiger partial charge in [-0.05, 0) is 125 Å². The molecule has 0 amide bonds. The second kappa shape index (κ2) is 17.8. The summed E-state index contributed by atoms with van der Waals surface area (Å²) in [6, 6.07) is 0. The van der Waals surface area contributed by atoms with Gasteiger partial charge in [0, 0.05) is 16.5 Å². The predicted molar refractivity (Wildman–Crippen MR) is 143 cm³/mol. The van der Waals surface area contributed by atoms with Gasteiger partial charge in [-0.1, -0.05) is 72.9 Å². The van der Waals surface area contributed by atoms with Crippen molar-refractivity contribution in [3.8, 4) is 0 Å². The van der Waals surface area contributed by atoms with Gasteiger partial charge in [-0.25, -0.2) is 0 Å². The fourth-order valence-corrected chi connectivity index (χ4v) is 4.89. The Kier molecular flexibility index (Phi) is 14.9. The molecule has 0 aromatic rings. The maximum Gasteiger partial charge on any atom is 0 e. The fraction of sp³-hybridized carbons (Fsp3) is 0.500. The Hall–Kier alpha value is -1.59. The Balaban J connectivity index is 0.000000227. The number of allylic oxidation sites excluding steroid dienone is 16. The van der Waals surface area contributed by atoms with Gasteiger partial charge in [0.15, 0.2) is 0 Å². The first-order valence-electron chi connectivity index (χ1n) is 13.3. The van der Waals surface area contributed by atoms with Crippen LogP contribution in [0.4, 0.5) is 0 Å². The van der Waals surface area contributed by atoms with E-state index in [0.717, 1.165) is 0 Å². The van der Waals surface area contributed by atoms with Crippen molar-refractivity contribution in [2.45, 2.75) is 103 Å². The molecule has 0 N–H and O–H groups in total. The van der Waals surface area contributed by atoms with Crippen LogP contribution in [0.15, 0.2) is 95.2 Å². The molecule has 182 valence electrons. The summed E-state index contributed by atoms with van der Waals surface area (Å²) >= 11 is 0. The molecule has 0 bridgehead atoms. The van der Waals surface area contributed by atoms with Gasteiger partial charge < -0.3 is 0 Å². The molecule has 0 aromatic heterocycles. The quantitative estimate of drug-likeness (QED) is 0.269. The molecule has 0 nitrogen and oxygen atoms in total. The van der Waals surface area contributed by atoms with Gasteiger partial charge in [0.25, 0.3) is 0 Å². The van der Waals surface area contributed by atoms with Gasteiger partial charge in [-0.3, -0.25) is 0 Å². The van der Waals surface area contributed by atoms with E-state index in [9.17, 15) is 0 Å². The molecule has 0 heterocycles. The molecule has 4 aliphatic rings. The van der Waals surface area contributed by atoms with E-state index < -0.39 is 0 Å². The Morgan fingerprint density at radius 2 is 0.485 bits per heavy atom. The summed E-state index contributed by atoms with van der Waals surface area (Å²) in [4.78, 5) is 0. The number of hydrogen-bond acceptors (Lipinski definition) is 0. The summed E-state index contributed by atoms with van der Waals surface area (Å²) in [5, 5.41) is 0. The van der Waals surface area contributed by atoms with Gasteiger partial charge in [0.1, 0.15) is 0 Å². The summed E-state index contributed by atoms with van der Waals surface area (Å²) in [5.74, 6) is 0. The molecular formula is C32H44Ni. The molecule has 0 unspecified atom stereocenters. The molecule has 4 aliphatic carbocycles. The zero-order valence-corrected chi connectivity index (χ0v) is 21.5. The Labute approximate surface area is 214 Å². The van der Waals surface area contributed by atoms with E-state index in [1.807, 2.05) is 0 Å². The third kappa shape index (κ3) is 11.4. The zero-order valence-electron chi connectivity index (χ0n) is 20.6. The van der Waals surface area contributed by atoms with E-state index in [1.54, 1.807) is 22.3 Å². The van der Waals surface area contributed by atoms with E-state index in [-0.39, 0.29) is 16.5 Å². The third-order valence-corrected chi connectivity index (χ3v) is 6.71. The van der Waals surface area contributed by atoms with Crippen molar-refractivity contribution in [1.82, 2.24) is 0 Å². The molecule has 0 spiro atoms. The van der Waals surface area contributed by atoms with Crippen LogP contribution >= 0.6 is 0 Å². The van der Waals surface area contributed by atoms with Gasteiger partial charge in [0.2, 0.25) is 0 Å². The Bertz CT molecular complexity index is 658. The first-order chi connectivity index (χ1) is 15.9. The standard InChI is InChI=1S/2C16H22.Ni/c2*1-3-7-11-15(12-8-4-1)16-13-9-5-2-6-10-14-16;/h2*1-3,5,12,14H,4,6-11,13H2;. The second-order valence-electron chi connectivity index (χ2n) is 9.27. The summed E-state index contributed by atoms with van der Waals surface area (Å²) in [7, 11) is 0. The minimum absolute atomic E-state index is 0. The van der Waals surface area contributed by atoms with Gasteiger partial charge in [-0.15, -0.1) is 0 Å². The molecule has 0 atom stereocenters. The van der Waals surface area contributed by atoms with E-state index in [1.165, 1.54) is 103 Å². The smallest absolute Gasteiger partial charge is 0 e. The second-order valence-corrected chi connectivity index (χ2v) is 9.27. The summed E-state index contributed by atoms with van der Waals surface area (Å²) in [6.07, 6.45) is 48.2. The minimum atomic E-state index is 0. The fourth-order valence-electron chi connectivity index (χ4n) is 4.89.